The number of rotatable bonds is 6. The van der Waals surface area contributed by atoms with Crippen LogP contribution in [-0.2, 0) is 16.1 Å². The van der Waals surface area contributed by atoms with Gasteiger partial charge < -0.3 is 10.6 Å². The molecule has 2 amide bonds. The van der Waals surface area contributed by atoms with Crippen LogP contribution in [0.25, 0.3) is 0 Å². The number of hydrogen-bond acceptors (Lipinski definition) is 2. The highest BCUT2D eigenvalue weighted by molar-refractivity contribution is 6.35. The third-order valence-electron chi connectivity index (χ3n) is 4.69. The first-order valence-electron chi connectivity index (χ1n) is 8.90. The maximum absolute atomic E-state index is 12.6. The van der Waals surface area contributed by atoms with Crippen LogP contribution in [0, 0.1) is 11.8 Å². The average molecular weight is 385 g/mol. The Kier molecular flexibility index (Phi) is 7.57. The molecule has 25 heavy (non-hydrogen) atoms. The SMILES string of the molecule is CC(C)[C@H](NC(=O)C1CCCCC1)C(=O)NCc1ccc(Cl)cc1Cl. The molecule has 0 aromatic heterocycles. The second-order valence-corrected chi connectivity index (χ2v) is 7.86. The minimum Gasteiger partial charge on any atom is -0.350 e. The molecule has 0 spiro atoms. The third kappa shape index (κ3) is 5.89. The molecule has 1 fully saturated rings. The molecule has 0 heterocycles. The minimum atomic E-state index is -0.541. The van der Waals surface area contributed by atoms with Gasteiger partial charge in [-0.2, -0.15) is 0 Å². The summed E-state index contributed by atoms with van der Waals surface area (Å²) in [4.78, 5) is 25.0. The van der Waals surface area contributed by atoms with Gasteiger partial charge in [0, 0.05) is 22.5 Å². The Hall–Kier alpha value is -1.26. The minimum absolute atomic E-state index is 0.00178. The summed E-state index contributed by atoms with van der Waals surface area (Å²) >= 11 is 12.0. The van der Waals surface area contributed by atoms with Crippen molar-refractivity contribution in [1.82, 2.24) is 10.6 Å². The van der Waals surface area contributed by atoms with E-state index in [4.69, 9.17) is 23.2 Å². The normalized spacial score (nSPS) is 16.5. The predicted octanol–water partition coefficient (Wildman–Crippen LogP) is 4.33. The van der Waals surface area contributed by atoms with Crippen molar-refractivity contribution in [1.29, 1.82) is 0 Å². The van der Waals surface area contributed by atoms with Crippen molar-refractivity contribution in [2.24, 2.45) is 11.8 Å². The zero-order valence-corrected chi connectivity index (χ0v) is 16.3. The third-order valence-corrected chi connectivity index (χ3v) is 5.28. The molecule has 1 atom stereocenters. The largest absolute Gasteiger partial charge is 0.350 e. The van der Waals surface area contributed by atoms with Crippen molar-refractivity contribution in [2.75, 3.05) is 0 Å². The number of hydrogen-bond donors (Lipinski definition) is 2. The monoisotopic (exact) mass is 384 g/mol. The smallest absolute Gasteiger partial charge is 0.243 e. The predicted molar refractivity (Wildman–Crippen MR) is 102 cm³/mol. The van der Waals surface area contributed by atoms with Crippen molar-refractivity contribution < 1.29 is 9.59 Å². The molecule has 0 aliphatic heterocycles. The van der Waals surface area contributed by atoms with E-state index in [1.54, 1.807) is 18.2 Å². The second kappa shape index (κ2) is 9.44. The fourth-order valence-corrected chi connectivity index (χ4v) is 3.60. The lowest BCUT2D eigenvalue weighted by Gasteiger charge is -2.26. The van der Waals surface area contributed by atoms with E-state index >= 15 is 0 Å². The van der Waals surface area contributed by atoms with Gasteiger partial charge in [-0.1, -0.05) is 62.4 Å². The van der Waals surface area contributed by atoms with Crippen molar-refractivity contribution in [2.45, 2.75) is 58.5 Å². The van der Waals surface area contributed by atoms with Gasteiger partial charge >= 0.3 is 0 Å². The van der Waals surface area contributed by atoms with Crippen molar-refractivity contribution in [3.8, 4) is 0 Å². The lowest BCUT2D eigenvalue weighted by atomic mass is 9.88. The molecule has 1 saturated carbocycles. The highest BCUT2D eigenvalue weighted by Gasteiger charge is 2.28. The van der Waals surface area contributed by atoms with Crippen LogP contribution in [0.15, 0.2) is 18.2 Å². The zero-order valence-electron chi connectivity index (χ0n) is 14.8. The summed E-state index contributed by atoms with van der Waals surface area (Å²) in [6, 6.07) is 4.63. The molecular formula is C19H26Cl2N2O2. The summed E-state index contributed by atoms with van der Waals surface area (Å²) in [6.45, 7) is 4.17. The van der Waals surface area contributed by atoms with E-state index < -0.39 is 6.04 Å². The summed E-state index contributed by atoms with van der Waals surface area (Å²) in [5.74, 6) is -0.148. The van der Waals surface area contributed by atoms with Crippen LogP contribution >= 0.6 is 23.2 Å². The Bertz CT molecular complexity index is 613. The summed E-state index contributed by atoms with van der Waals surface area (Å²) in [7, 11) is 0. The first-order valence-corrected chi connectivity index (χ1v) is 9.66. The molecule has 1 aliphatic rings. The summed E-state index contributed by atoms with van der Waals surface area (Å²) < 4.78 is 0. The molecule has 4 nitrogen and oxygen atoms in total. The molecule has 0 saturated heterocycles. The molecular weight excluding hydrogens is 359 g/mol. The number of halogens is 2. The Morgan fingerprint density at radius 1 is 1.16 bits per heavy atom. The summed E-state index contributed by atoms with van der Waals surface area (Å²) in [5.41, 5.74) is 0.792. The first kappa shape index (κ1) is 20.1. The Labute approximate surface area is 159 Å². The fourth-order valence-electron chi connectivity index (χ4n) is 3.13. The van der Waals surface area contributed by atoms with Crippen LogP contribution in [0.5, 0.6) is 0 Å². The van der Waals surface area contributed by atoms with Crippen molar-refractivity contribution in [3.63, 3.8) is 0 Å². The highest BCUT2D eigenvalue weighted by atomic mass is 35.5. The van der Waals surface area contributed by atoms with Gasteiger partial charge in [0.2, 0.25) is 11.8 Å². The van der Waals surface area contributed by atoms with Gasteiger partial charge in [0.25, 0.3) is 0 Å². The van der Waals surface area contributed by atoms with E-state index in [0.717, 1.165) is 31.2 Å². The number of benzene rings is 1. The van der Waals surface area contributed by atoms with Gasteiger partial charge in [0.15, 0.2) is 0 Å². The zero-order chi connectivity index (χ0) is 18.4. The topological polar surface area (TPSA) is 58.2 Å². The van der Waals surface area contributed by atoms with E-state index in [1.165, 1.54) is 6.42 Å². The van der Waals surface area contributed by atoms with Crippen LogP contribution in [0.2, 0.25) is 10.0 Å². The van der Waals surface area contributed by atoms with Crippen LogP contribution < -0.4 is 10.6 Å². The van der Waals surface area contributed by atoms with Crippen LogP contribution in [0.4, 0.5) is 0 Å². The van der Waals surface area contributed by atoms with Crippen molar-refractivity contribution in [3.05, 3.63) is 33.8 Å². The van der Waals surface area contributed by atoms with Crippen LogP contribution in [0.3, 0.4) is 0 Å². The molecule has 1 aliphatic carbocycles. The molecule has 1 aromatic rings. The summed E-state index contributed by atoms with van der Waals surface area (Å²) in [6.07, 6.45) is 5.20. The molecule has 0 radical (unpaired) electrons. The Balaban J connectivity index is 1.94. The molecule has 138 valence electrons. The molecule has 2 rings (SSSR count). The highest BCUT2D eigenvalue weighted by Crippen LogP contribution is 2.24. The summed E-state index contributed by atoms with van der Waals surface area (Å²) in [5, 5.41) is 6.88. The van der Waals surface area contributed by atoms with E-state index in [1.807, 2.05) is 13.8 Å². The molecule has 1 aromatic carbocycles. The number of carbonyl (C=O) groups excluding carboxylic acids is 2. The standard InChI is InChI=1S/C19H26Cl2N2O2/c1-12(2)17(23-18(24)13-6-4-3-5-7-13)19(25)22-11-14-8-9-15(20)10-16(14)21/h8-10,12-13,17H,3-7,11H2,1-2H3,(H,22,25)(H,23,24)/t17-/m0/s1. The second-order valence-electron chi connectivity index (χ2n) is 7.02. The lowest BCUT2D eigenvalue weighted by Crippen LogP contribution is -2.51. The van der Waals surface area contributed by atoms with Gasteiger partial charge in [0.1, 0.15) is 6.04 Å². The number of amides is 2. The van der Waals surface area contributed by atoms with Crippen LogP contribution in [0.1, 0.15) is 51.5 Å². The molecule has 2 N–H and O–H groups in total. The van der Waals surface area contributed by atoms with Crippen LogP contribution in [-0.4, -0.2) is 17.9 Å². The van der Waals surface area contributed by atoms with Gasteiger partial charge in [-0.25, -0.2) is 0 Å². The van der Waals surface area contributed by atoms with Gasteiger partial charge in [-0.05, 0) is 36.5 Å². The van der Waals surface area contributed by atoms with Crippen molar-refractivity contribution >= 4 is 35.0 Å². The molecule has 0 bridgehead atoms. The van der Waals surface area contributed by atoms with E-state index in [0.29, 0.717) is 16.6 Å². The molecule has 0 unspecified atom stereocenters. The molecule has 6 heteroatoms. The Morgan fingerprint density at radius 3 is 2.44 bits per heavy atom. The number of carbonyl (C=O) groups is 2. The Morgan fingerprint density at radius 2 is 1.84 bits per heavy atom. The van der Waals surface area contributed by atoms with E-state index in [9.17, 15) is 9.59 Å². The van der Waals surface area contributed by atoms with Gasteiger partial charge in [0.05, 0.1) is 0 Å². The fraction of sp³-hybridized carbons (Fsp3) is 0.579. The maximum atomic E-state index is 12.6. The van der Waals surface area contributed by atoms with Gasteiger partial charge in [-0.15, -0.1) is 0 Å². The maximum Gasteiger partial charge on any atom is 0.243 e. The quantitative estimate of drug-likeness (QED) is 0.766. The first-order chi connectivity index (χ1) is 11.9. The lowest BCUT2D eigenvalue weighted by molar-refractivity contribution is -0.132. The number of nitrogens with one attached hydrogen (secondary N) is 2. The average Bonchev–Trinajstić information content (AvgIpc) is 2.59. The van der Waals surface area contributed by atoms with E-state index in [2.05, 4.69) is 10.6 Å². The van der Waals surface area contributed by atoms with E-state index in [-0.39, 0.29) is 23.7 Å². The van der Waals surface area contributed by atoms with Gasteiger partial charge in [-0.3, -0.25) is 9.59 Å².